The summed E-state index contributed by atoms with van der Waals surface area (Å²) in [7, 11) is 0. The predicted molar refractivity (Wildman–Crippen MR) is 79.7 cm³/mol. The van der Waals surface area contributed by atoms with Crippen molar-refractivity contribution in [1.82, 2.24) is 14.8 Å². The third kappa shape index (κ3) is 4.59. The topological polar surface area (TPSA) is 51.0 Å². The molecular formula is C13H11Cl2F3N4O. The maximum Gasteiger partial charge on any atom is 0.389 e. The van der Waals surface area contributed by atoms with Gasteiger partial charge in [0.05, 0.1) is 24.5 Å². The van der Waals surface area contributed by atoms with Gasteiger partial charge in [-0.2, -0.15) is 18.3 Å². The van der Waals surface area contributed by atoms with Gasteiger partial charge < -0.3 is 0 Å². The van der Waals surface area contributed by atoms with Crippen molar-refractivity contribution < 1.29 is 18.0 Å². The Bertz CT molecular complexity index is 717. The summed E-state index contributed by atoms with van der Waals surface area (Å²) in [5.41, 5.74) is 1.45. The number of nitrogens with zero attached hydrogens (tertiary/aromatic N) is 4. The lowest BCUT2D eigenvalue weighted by molar-refractivity contribution is -0.142. The molecule has 0 atom stereocenters. The van der Waals surface area contributed by atoms with Crippen molar-refractivity contribution in [3.05, 3.63) is 35.4 Å². The second kappa shape index (κ2) is 6.76. The molecule has 0 aliphatic heterocycles. The van der Waals surface area contributed by atoms with Gasteiger partial charge in [0.1, 0.15) is 5.69 Å². The molecule has 5 nitrogen and oxygen atoms in total. The molecule has 2 rings (SSSR count). The second-order valence-corrected chi connectivity index (χ2v) is 5.46. The minimum absolute atomic E-state index is 0.00186. The summed E-state index contributed by atoms with van der Waals surface area (Å²) in [6.45, 7) is 1.83. The summed E-state index contributed by atoms with van der Waals surface area (Å²) in [4.78, 5) is 15.7. The molecule has 0 saturated carbocycles. The molecular weight excluding hydrogens is 356 g/mol. The molecule has 0 aromatic carbocycles. The lowest BCUT2D eigenvalue weighted by Crippen LogP contribution is -2.22. The van der Waals surface area contributed by atoms with Crippen molar-refractivity contribution in [2.75, 3.05) is 4.42 Å². The molecule has 2 heterocycles. The van der Waals surface area contributed by atoms with Crippen molar-refractivity contribution in [3.8, 4) is 5.69 Å². The largest absolute Gasteiger partial charge is 0.389 e. The van der Waals surface area contributed by atoms with Crippen LogP contribution < -0.4 is 4.42 Å². The van der Waals surface area contributed by atoms with Crippen LogP contribution in [0.1, 0.15) is 18.4 Å². The van der Waals surface area contributed by atoms with E-state index in [0.717, 1.165) is 5.56 Å². The fraction of sp³-hybridized carbons (Fsp3) is 0.308. The summed E-state index contributed by atoms with van der Waals surface area (Å²) in [5.74, 6) is -0.923. The van der Waals surface area contributed by atoms with E-state index in [4.69, 9.17) is 23.4 Å². The number of carbonyl (C=O) groups is 1. The number of pyridine rings is 1. The Morgan fingerprint density at radius 2 is 2.09 bits per heavy atom. The van der Waals surface area contributed by atoms with E-state index in [1.54, 1.807) is 12.3 Å². The molecule has 0 bridgehead atoms. The Hall–Kier alpha value is -1.80. The number of alkyl halides is 3. The monoisotopic (exact) mass is 366 g/mol. The van der Waals surface area contributed by atoms with Crippen molar-refractivity contribution in [2.24, 2.45) is 0 Å². The standard InChI is InChI=1S/C13H11Cl2F3N4O/c1-8-4-9(6-19-5-8)21-7-10(12(14)20-21)22(15)11(23)2-3-13(16,17)18/h4-7H,2-3H2,1H3. The molecule has 2 aromatic rings. The molecule has 0 unspecified atom stereocenters. The highest BCUT2D eigenvalue weighted by Crippen LogP contribution is 2.29. The van der Waals surface area contributed by atoms with E-state index >= 15 is 0 Å². The van der Waals surface area contributed by atoms with Crippen molar-refractivity contribution in [1.29, 1.82) is 0 Å². The molecule has 0 N–H and O–H groups in total. The van der Waals surface area contributed by atoms with Crippen LogP contribution in [-0.4, -0.2) is 26.8 Å². The molecule has 0 spiro atoms. The molecule has 10 heteroatoms. The van der Waals surface area contributed by atoms with Gasteiger partial charge in [-0.15, -0.1) is 0 Å². The molecule has 0 aliphatic rings. The van der Waals surface area contributed by atoms with Gasteiger partial charge in [-0.25, -0.2) is 9.10 Å². The Morgan fingerprint density at radius 3 is 2.70 bits per heavy atom. The minimum Gasteiger partial charge on any atom is -0.273 e. The van der Waals surface area contributed by atoms with E-state index in [9.17, 15) is 18.0 Å². The van der Waals surface area contributed by atoms with Gasteiger partial charge in [-0.3, -0.25) is 9.78 Å². The number of anilines is 1. The van der Waals surface area contributed by atoms with E-state index in [-0.39, 0.29) is 10.8 Å². The van der Waals surface area contributed by atoms with Crippen LogP contribution in [0.15, 0.2) is 24.7 Å². The lowest BCUT2D eigenvalue weighted by Gasteiger charge is -2.12. The minimum atomic E-state index is -4.44. The van der Waals surface area contributed by atoms with Crippen molar-refractivity contribution in [2.45, 2.75) is 25.9 Å². The zero-order valence-corrected chi connectivity index (χ0v) is 13.3. The number of aryl methyl sites for hydroxylation is 1. The van der Waals surface area contributed by atoms with Crippen LogP contribution in [0.25, 0.3) is 5.69 Å². The smallest absolute Gasteiger partial charge is 0.273 e. The normalized spacial score (nSPS) is 11.6. The SMILES string of the molecule is Cc1cncc(-n2cc(N(Cl)C(=O)CCC(F)(F)F)c(Cl)n2)c1. The Labute approximate surface area is 139 Å². The first-order valence-electron chi connectivity index (χ1n) is 6.40. The number of hydrogen-bond acceptors (Lipinski definition) is 3. The second-order valence-electron chi connectivity index (χ2n) is 4.76. The van der Waals surface area contributed by atoms with Crippen molar-refractivity contribution in [3.63, 3.8) is 0 Å². The highest BCUT2D eigenvalue weighted by atomic mass is 35.5. The number of aromatic nitrogens is 3. The number of carbonyl (C=O) groups excluding carboxylic acids is 1. The fourth-order valence-electron chi connectivity index (χ4n) is 1.75. The van der Waals surface area contributed by atoms with Gasteiger partial charge >= 0.3 is 6.18 Å². The van der Waals surface area contributed by atoms with Crippen LogP contribution in [0.3, 0.4) is 0 Å². The summed E-state index contributed by atoms with van der Waals surface area (Å²) in [6.07, 6.45) is -1.97. The fourth-order valence-corrected chi connectivity index (χ4v) is 2.22. The van der Waals surface area contributed by atoms with Gasteiger partial charge in [0, 0.05) is 24.4 Å². The molecule has 124 valence electrons. The van der Waals surface area contributed by atoms with Crippen LogP contribution in [-0.2, 0) is 4.79 Å². The number of hydrogen-bond donors (Lipinski definition) is 0. The van der Waals surface area contributed by atoms with Gasteiger partial charge in [0.2, 0.25) is 5.91 Å². The Balaban J connectivity index is 2.19. The van der Waals surface area contributed by atoms with Gasteiger partial charge in [-0.1, -0.05) is 11.6 Å². The van der Waals surface area contributed by atoms with Gasteiger partial charge in [0.15, 0.2) is 5.15 Å². The lowest BCUT2D eigenvalue weighted by atomic mass is 10.3. The first-order valence-corrected chi connectivity index (χ1v) is 7.11. The summed E-state index contributed by atoms with van der Waals surface area (Å²) in [5, 5.41) is 3.87. The maximum absolute atomic E-state index is 12.2. The highest BCUT2D eigenvalue weighted by Gasteiger charge is 2.30. The van der Waals surface area contributed by atoms with Gasteiger partial charge in [-0.05, 0) is 18.6 Å². The number of rotatable bonds is 4. The average molecular weight is 367 g/mol. The van der Waals surface area contributed by atoms with E-state index in [1.165, 1.54) is 17.1 Å². The van der Waals surface area contributed by atoms with Crippen LogP contribution in [0.4, 0.5) is 18.9 Å². The zero-order chi connectivity index (χ0) is 17.2. The quantitative estimate of drug-likeness (QED) is 0.766. The average Bonchev–Trinajstić information content (AvgIpc) is 2.85. The van der Waals surface area contributed by atoms with Crippen LogP contribution in [0, 0.1) is 6.92 Å². The maximum atomic E-state index is 12.2. The van der Waals surface area contributed by atoms with E-state index < -0.39 is 24.9 Å². The third-order valence-electron chi connectivity index (χ3n) is 2.83. The molecule has 0 saturated heterocycles. The van der Waals surface area contributed by atoms with Crippen LogP contribution >= 0.6 is 23.4 Å². The van der Waals surface area contributed by atoms with Crippen molar-refractivity contribution >= 4 is 35.0 Å². The molecule has 1 amide bonds. The number of amides is 1. The molecule has 0 radical (unpaired) electrons. The van der Waals surface area contributed by atoms with E-state index in [1.807, 2.05) is 6.92 Å². The molecule has 0 fully saturated rings. The summed E-state index contributed by atoms with van der Waals surface area (Å²) < 4.78 is 38.4. The van der Waals surface area contributed by atoms with Crippen LogP contribution in [0.2, 0.25) is 5.15 Å². The third-order valence-corrected chi connectivity index (χ3v) is 3.47. The van der Waals surface area contributed by atoms with E-state index in [2.05, 4.69) is 10.1 Å². The number of halogens is 5. The zero-order valence-electron chi connectivity index (χ0n) is 11.8. The Kier molecular flexibility index (Phi) is 5.16. The predicted octanol–water partition coefficient (Wildman–Crippen LogP) is 4.06. The molecule has 23 heavy (non-hydrogen) atoms. The Morgan fingerprint density at radius 1 is 1.39 bits per heavy atom. The molecule has 0 aliphatic carbocycles. The molecule has 2 aromatic heterocycles. The van der Waals surface area contributed by atoms with Crippen LogP contribution in [0.5, 0.6) is 0 Å². The van der Waals surface area contributed by atoms with Gasteiger partial charge in [0.25, 0.3) is 0 Å². The first-order chi connectivity index (χ1) is 10.7. The first kappa shape index (κ1) is 17.6. The summed E-state index contributed by atoms with van der Waals surface area (Å²) in [6, 6.07) is 1.77. The van der Waals surface area contributed by atoms with E-state index in [0.29, 0.717) is 10.1 Å². The highest BCUT2D eigenvalue weighted by molar-refractivity contribution is 6.40. The summed E-state index contributed by atoms with van der Waals surface area (Å²) >= 11 is 11.7.